The van der Waals surface area contributed by atoms with E-state index in [1.165, 1.54) is 0 Å². The number of H-pyrrole nitrogens is 2. The molecular formula is C17H18N6O2. The second kappa shape index (κ2) is 6.39. The molecule has 0 saturated carbocycles. The topological polar surface area (TPSA) is 107 Å². The molecule has 8 heteroatoms. The number of fused-ring (bicyclic) bond motifs is 1. The van der Waals surface area contributed by atoms with Crippen LogP contribution in [0.5, 0.6) is 0 Å². The van der Waals surface area contributed by atoms with Gasteiger partial charge in [-0.25, -0.2) is 4.79 Å². The van der Waals surface area contributed by atoms with Crippen molar-refractivity contribution in [1.29, 1.82) is 0 Å². The van der Waals surface area contributed by atoms with Gasteiger partial charge in [-0.2, -0.15) is 5.10 Å². The van der Waals surface area contributed by atoms with E-state index in [0.29, 0.717) is 29.7 Å². The number of likely N-dealkylation sites (tertiary alicyclic amines) is 1. The number of anilines is 1. The second-order valence-electron chi connectivity index (χ2n) is 6.16. The van der Waals surface area contributed by atoms with Crippen molar-refractivity contribution >= 4 is 22.8 Å². The molecule has 4 rings (SSSR count). The Balaban J connectivity index is 1.41. The molecule has 1 fully saturated rings. The number of nitrogens with zero attached hydrogens (tertiary/aromatic N) is 3. The summed E-state index contributed by atoms with van der Waals surface area (Å²) in [5.41, 5.74) is 1.67. The minimum absolute atomic E-state index is 0.0121. The van der Waals surface area contributed by atoms with Crippen molar-refractivity contribution in [2.75, 3.05) is 18.4 Å². The van der Waals surface area contributed by atoms with E-state index in [1.807, 2.05) is 17.0 Å². The maximum absolute atomic E-state index is 12.7. The molecule has 1 aromatic carbocycles. The molecule has 0 unspecified atom stereocenters. The lowest BCUT2D eigenvalue weighted by Gasteiger charge is -2.32. The van der Waals surface area contributed by atoms with Gasteiger partial charge < -0.3 is 20.2 Å². The number of carbonyl (C=O) groups is 1. The quantitative estimate of drug-likeness (QED) is 0.668. The van der Waals surface area contributed by atoms with Crippen LogP contribution in [-0.4, -0.2) is 50.1 Å². The van der Waals surface area contributed by atoms with E-state index in [0.717, 1.165) is 18.7 Å². The number of piperidine rings is 1. The fraction of sp³-hybridized carbons (Fsp3) is 0.294. The van der Waals surface area contributed by atoms with Crippen molar-refractivity contribution in [1.82, 2.24) is 25.1 Å². The fourth-order valence-corrected chi connectivity index (χ4v) is 3.16. The Morgan fingerprint density at radius 1 is 1.16 bits per heavy atom. The fourth-order valence-electron chi connectivity index (χ4n) is 3.16. The summed E-state index contributed by atoms with van der Waals surface area (Å²) in [7, 11) is 0. The summed E-state index contributed by atoms with van der Waals surface area (Å²) in [5.74, 6) is 0.746. The van der Waals surface area contributed by atoms with Gasteiger partial charge in [0.1, 0.15) is 5.82 Å². The van der Waals surface area contributed by atoms with Gasteiger partial charge in [-0.1, -0.05) is 0 Å². The van der Waals surface area contributed by atoms with Gasteiger partial charge in [-0.3, -0.25) is 4.79 Å². The Hall–Kier alpha value is -3.16. The SMILES string of the molecule is O=C(c1ccc2[nH]c(=O)[nH]c2c1)N1CCC(Nc2cccnn2)CC1. The van der Waals surface area contributed by atoms with Crippen molar-refractivity contribution in [3.63, 3.8) is 0 Å². The first-order chi connectivity index (χ1) is 12.2. The van der Waals surface area contributed by atoms with Crippen molar-refractivity contribution in [3.05, 3.63) is 52.6 Å². The molecule has 0 radical (unpaired) electrons. The zero-order valence-corrected chi connectivity index (χ0v) is 13.5. The van der Waals surface area contributed by atoms with E-state index in [-0.39, 0.29) is 17.6 Å². The number of imidazole rings is 1. The van der Waals surface area contributed by atoms with E-state index >= 15 is 0 Å². The van der Waals surface area contributed by atoms with E-state index < -0.39 is 0 Å². The molecule has 2 aromatic heterocycles. The molecule has 1 aliphatic heterocycles. The lowest BCUT2D eigenvalue weighted by atomic mass is 10.0. The normalized spacial score (nSPS) is 15.4. The van der Waals surface area contributed by atoms with Crippen LogP contribution in [0.3, 0.4) is 0 Å². The van der Waals surface area contributed by atoms with Gasteiger partial charge in [0.05, 0.1) is 11.0 Å². The Morgan fingerprint density at radius 2 is 1.96 bits per heavy atom. The Bertz CT molecular complexity index is 940. The van der Waals surface area contributed by atoms with Crippen LogP contribution in [0.2, 0.25) is 0 Å². The number of hydrogen-bond donors (Lipinski definition) is 3. The number of nitrogens with one attached hydrogen (secondary N) is 3. The zero-order valence-electron chi connectivity index (χ0n) is 13.5. The van der Waals surface area contributed by atoms with Crippen LogP contribution in [0.4, 0.5) is 5.82 Å². The summed E-state index contributed by atoms with van der Waals surface area (Å²) in [6.45, 7) is 1.36. The lowest BCUT2D eigenvalue weighted by molar-refractivity contribution is 0.0718. The predicted molar refractivity (Wildman–Crippen MR) is 93.5 cm³/mol. The summed E-state index contributed by atoms with van der Waals surface area (Å²) in [6.07, 6.45) is 3.35. The Morgan fingerprint density at radius 3 is 2.72 bits per heavy atom. The molecule has 3 heterocycles. The molecule has 3 aromatic rings. The third-order valence-corrected chi connectivity index (χ3v) is 4.47. The maximum atomic E-state index is 12.7. The summed E-state index contributed by atoms with van der Waals surface area (Å²) in [6, 6.07) is 9.23. The summed E-state index contributed by atoms with van der Waals surface area (Å²) < 4.78 is 0. The van der Waals surface area contributed by atoms with E-state index in [9.17, 15) is 9.59 Å². The van der Waals surface area contributed by atoms with E-state index in [1.54, 1.807) is 24.4 Å². The van der Waals surface area contributed by atoms with Gasteiger partial charge in [0.2, 0.25) is 0 Å². The maximum Gasteiger partial charge on any atom is 0.323 e. The van der Waals surface area contributed by atoms with Crippen LogP contribution in [-0.2, 0) is 0 Å². The molecule has 128 valence electrons. The number of amides is 1. The van der Waals surface area contributed by atoms with Gasteiger partial charge in [0, 0.05) is 30.9 Å². The highest BCUT2D eigenvalue weighted by Crippen LogP contribution is 2.18. The number of hydrogen-bond acceptors (Lipinski definition) is 5. The summed E-state index contributed by atoms with van der Waals surface area (Å²) in [4.78, 5) is 31.2. The van der Waals surface area contributed by atoms with Crippen LogP contribution >= 0.6 is 0 Å². The highest BCUT2D eigenvalue weighted by atomic mass is 16.2. The smallest absolute Gasteiger partial charge is 0.323 e. The van der Waals surface area contributed by atoms with Gasteiger partial charge >= 0.3 is 5.69 Å². The molecule has 3 N–H and O–H groups in total. The van der Waals surface area contributed by atoms with Crippen LogP contribution in [0.25, 0.3) is 11.0 Å². The number of aromatic nitrogens is 4. The minimum atomic E-state index is -0.268. The molecule has 1 amide bonds. The molecule has 0 bridgehead atoms. The standard InChI is InChI=1S/C17H18N6O2/c24-16(11-3-4-13-14(10-11)21-17(25)20-13)23-8-5-12(6-9-23)19-15-2-1-7-18-22-15/h1-4,7,10,12H,5-6,8-9H2,(H,19,22)(H2,20,21,25). The molecule has 1 aliphatic rings. The largest absolute Gasteiger partial charge is 0.366 e. The summed E-state index contributed by atoms with van der Waals surface area (Å²) in [5, 5.41) is 11.2. The van der Waals surface area contributed by atoms with Crippen LogP contribution in [0.1, 0.15) is 23.2 Å². The van der Waals surface area contributed by atoms with Gasteiger partial charge in [-0.05, 0) is 43.2 Å². The van der Waals surface area contributed by atoms with Crippen LogP contribution < -0.4 is 11.0 Å². The monoisotopic (exact) mass is 338 g/mol. The van der Waals surface area contributed by atoms with Gasteiger partial charge in [0.15, 0.2) is 0 Å². The van der Waals surface area contributed by atoms with Crippen molar-refractivity contribution in [2.45, 2.75) is 18.9 Å². The van der Waals surface area contributed by atoms with Gasteiger partial charge in [-0.15, -0.1) is 5.10 Å². The first kappa shape index (κ1) is 15.4. The van der Waals surface area contributed by atoms with Crippen molar-refractivity contribution in [2.24, 2.45) is 0 Å². The second-order valence-corrected chi connectivity index (χ2v) is 6.16. The third kappa shape index (κ3) is 3.23. The Labute approximate surface area is 143 Å². The molecule has 0 aliphatic carbocycles. The predicted octanol–water partition coefficient (Wildman–Crippen LogP) is 1.36. The number of carbonyl (C=O) groups excluding carboxylic acids is 1. The number of rotatable bonds is 3. The molecule has 1 saturated heterocycles. The first-order valence-corrected chi connectivity index (χ1v) is 8.24. The average molecular weight is 338 g/mol. The van der Waals surface area contributed by atoms with Crippen LogP contribution in [0, 0.1) is 0 Å². The molecule has 0 atom stereocenters. The van der Waals surface area contributed by atoms with E-state index in [2.05, 4.69) is 25.5 Å². The molecule has 8 nitrogen and oxygen atoms in total. The van der Waals surface area contributed by atoms with Crippen molar-refractivity contribution in [3.8, 4) is 0 Å². The molecule has 0 spiro atoms. The van der Waals surface area contributed by atoms with E-state index in [4.69, 9.17) is 0 Å². The average Bonchev–Trinajstić information content (AvgIpc) is 3.02. The molecular weight excluding hydrogens is 320 g/mol. The Kier molecular flexibility index (Phi) is 3.93. The minimum Gasteiger partial charge on any atom is -0.366 e. The highest BCUT2D eigenvalue weighted by molar-refractivity contribution is 5.97. The lowest BCUT2D eigenvalue weighted by Crippen LogP contribution is -2.42. The first-order valence-electron chi connectivity index (χ1n) is 8.24. The number of aromatic amines is 2. The van der Waals surface area contributed by atoms with Crippen molar-refractivity contribution < 1.29 is 4.79 Å². The summed E-state index contributed by atoms with van der Waals surface area (Å²) >= 11 is 0. The highest BCUT2D eigenvalue weighted by Gasteiger charge is 2.24. The number of benzene rings is 1. The zero-order chi connectivity index (χ0) is 17.2. The molecule has 25 heavy (non-hydrogen) atoms. The third-order valence-electron chi connectivity index (χ3n) is 4.47. The van der Waals surface area contributed by atoms with Gasteiger partial charge in [0.25, 0.3) is 5.91 Å². The van der Waals surface area contributed by atoms with Crippen LogP contribution in [0.15, 0.2) is 41.3 Å².